The minimum Gasteiger partial charge on any atom is -0.457 e. The van der Waals surface area contributed by atoms with Crippen LogP contribution in [0.3, 0.4) is 0 Å². The van der Waals surface area contributed by atoms with Gasteiger partial charge < -0.3 is 15.4 Å². The van der Waals surface area contributed by atoms with Gasteiger partial charge >= 0.3 is 5.97 Å². The first kappa shape index (κ1) is 13.9. The third kappa shape index (κ3) is 3.09. The molecule has 0 unspecified atom stereocenters. The van der Waals surface area contributed by atoms with Crippen molar-refractivity contribution in [1.29, 1.82) is 0 Å². The van der Waals surface area contributed by atoms with E-state index in [4.69, 9.17) is 10.5 Å². The fraction of sp³-hybridized carbons (Fsp3) is 0.286. The molecule has 1 aromatic carbocycles. The second-order valence-electron chi connectivity index (χ2n) is 4.77. The molecule has 0 saturated carbocycles. The first-order valence-corrected chi connectivity index (χ1v) is 6.19. The highest BCUT2D eigenvalue weighted by atomic mass is 16.5. The number of nitrogen functional groups attached to an aromatic ring is 1. The van der Waals surface area contributed by atoms with E-state index in [0.717, 1.165) is 11.3 Å². The quantitative estimate of drug-likeness (QED) is 0.674. The number of nitrogens with two attached hydrogens (primary N) is 1. The lowest BCUT2D eigenvalue weighted by atomic mass is 10.1. The number of aryl methyl sites for hydroxylation is 1. The Hall–Kier alpha value is -2.50. The molecule has 6 nitrogen and oxygen atoms in total. The van der Waals surface area contributed by atoms with Gasteiger partial charge in [0.15, 0.2) is 0 Å². The Morgan fingerprint density at radius 1 is 1.45 bits per heavy atom. The number of aromatic nitrogens is 2. The van der Waals surface area contributed by atoms with Crippen LogP contribution in [-0.2, 0) is 18.4 Å². The van der Waals surface area contributed by atoms with Crippen LogP contribution in [0.4, 0.5) is 11.4 Å². The summed E-state index contributed by atoms with van der Waals surface area (Å²) in [6, 6.07) is 5.18. The van der Waals surface area contributed by atoms with Crippen molar-refractivity contribution < 1.29 is 9.53 Å². The fourth-order valence-corrected chi connectivity index (χ4v) is 1.88. The van der Waals surface area contributed by atoms with Crippen molar-refractivity contribution in [2.24, 2.45) is 7.05 Å². The third-order valence-corrected chi connectivity index (χ3v) is 2.85. The van der Waals surface area contributed by atoms with Gasteiger partial charge in [0.2, 0.25) is 0 Å². The molecule has 1 aromatic heterocycles. The molecule has 106 valence electrons. The number of carbonyl (C=O) groups is 1. The Bertz CT molecular complexity index is 619. The molecule has 0 spiro atoms. The smallest absolute Gasteiger partial charge is 0.340 e. The van der Waals surface area contributed by atoms with E-state index in [1.807, 2.05) is 26.0 Å². The number of carbonyl (C=O) groups excluding carboxylic acids is 1. The highest BCUT2D eigenvalue weighted by Crippen LogP contribution is 2.22. The number of rotatable bonds is 4. The SMILES string of the molecule is CN(C)c1ccc(N)cc1C(=O)OCc1cnn(C)c1. The number of hydrogen-bond acceptors (Lipinski definition) is 5. The molecular weight excluding hydrogens is 256 g/mol. The molecule has 0 atom stereocenters. The predicted molar refractivity (Wildman–Crippen MR) is 77.5 cm³/mol. The van der Waals surface area contributed by atoms with Gasteiger partial charge in [0, 0.05) is 38.6 Å². The number of benzene rings is 1. The summed E-state index contributed by atoms with van der Waals surface area (Å²) in [7, 11) is 5.54. The Balaban J connectivity index is 2.14. The standard InChI is InChI=1S/C14H18N4O2/c1-17(2)13-5-4-11(15)6-12(13)14(19)20-9-10-7-16-18(3)8-10/h4-8H,9,15H2,1-3H3. The highest BCUT2D eigenvalue weighted by molar-refractivity contribution is 5.96. The minimum atomic E-state index is -0.398. The number of anilines is 2. The molecule has 0 radical (unpaired) electrons. The van der Waals surface area contributed by atoms with Crippen molar-refractivity contribution >= 4 is 17.3 Å². The Labute approximate surface area is 117 Å². The summed E-state index contributed by atoms with van der Waals surface area (Å²) >= 11 is 0. The van der Waals surface area contributed by atoms with Crippen molar-refractivity contribution in [2.75, 3.05) is 24.7 Å². The molecule has 20 heavy (non-hydrogen) atoms. The molecule has 0 fully saturated rings. The van der Waals surface area contributed by atoms with Gasteiger partial charge in [-0.05, 0) is 18.2 Å². The van der Waals surface area contributed by atoms with Crippen LogP contribution in [0.15, 0.2) is 30.6 Å². The maximum absolute atomic E-state index is 12.2. The zero-order valence-corrected chi connectivity index (χ0v) is 11.8. The zero-order chi connectivity index (χ0) is 14.7. The summed E-state index contributed by atoms with van der Waals surface area (Å²) in [6.07, 6.45) is 3.47. The van der Waals surface area contributed by atoms with Gasteiger partial charge in [-0.3, -0.25) is 4.68 Å². The largest absolute Gasteiger partial charge is 0.457 e. The maximum Gasteiger partial charge on any atom is 0.340 e. The number of hydrogen-bond donors (Lipinski definition) is 1. The minimum absolute atomic E-state index is 0.189. The molecule has 0 aliphatic heterocycles. The number of esters is 1. The Morgan fingerprint density at radius 3 is 2.80 bits per heavy atom. The molecule has 0 amide bonds. The van der Waals surface area contributed by atoms with Crippen LogP contribution in [0, 0.1) is 0 Å². The lowest BCUT2D eigenvalue weighted by Gasteiger charge is -2.17. The summed E-state index contributed by atoms with van der Waals surface area (Å²) in [6.45, 7) is 0.189. The molecule has 0 aliphatic carbocycles. The van der Waals surface area contributed by atoms with E-state index in [0.29, 0.717) is 11.3 Å². The second kappa shape index (κ2) is 5.64. The van der Waals surface area contributed by atoms with Gasteiger partial charge in [-0.1, -0.05) is 0 Å². The van der Waals surface area contributed by atoms with Crippen LogP contribution < -0.4 is 10.6 Å². The lowest BCUT2D eigenvalue weighted by Crippen LogP contribution is -2.15. The maximum atomic E-state index is 12.2. The third-order valence-electron chi connectivity index (χ3n) is 2.85. The second-order valence-corrected chi connectivity index (χ2v) is 4.77. The van der Waals surface area contributed by atoms with Gasteiger partial charge in [0.05, 0.1) is 17.4 Å². The number of ether oxygens (including phenoxy) is 1. The molecule has 1 heterocycles. The average Bonchev–Trinajstić information content (AvgIpc) is 2.81. The topological polar surface area (TPSA) is 73.4 Å². The van der Waals surface area contributed by atoms with E-state index in [1.165, 1.54) is 0 Å². The van der Waals surface area contributed by atoms with Gasteiger partial charge in [-0.15, -0.1) is 0 Å². The lowest BCUT2D eigenvalue weighted by molar-refractivity contribution is 0.0473. The van der Waals surface area contributed by atoms with Gasteiger partial charge in [-0.25, -0.2) is 4.79 Å². The van der Waals surface area contributed by atoms with Crippen molar-refractivity contribution in [3.63, 3.8) is 0 Å². The monoisotopic (exact) mass is 274 g/mol. The van der Waals surface area contributed by atoms with E-state index in [-0.39, 0.29) is 6.61 Å². The number of nitrogens with zero attached hydrogens (tertiary/aromatic N) is 3. The van der Waals surface area contributed by atoms with Crippen LogP contribution in [0.1, 0.15) is 15.9 Å². The molecule has 2 aromatic rings. The Kier molecular flexibility index (Phi) is 3.93. The van der Waals surface area contributed by atoms with E-state index in [2.05, 4.69) is 5.10 Å². The molecule has 0 aliphatic rings. The molecule has 0 bridgehead atoms. The molecular formula is C14H18N4O2. The van der Waals surface area contributed by atoms with Crippen LogP contribution in [0.5, 0.6) is 0 Å². The van der Waals surface area contributed by atoms with Crippen molar-refractivity contribution in [1.82, 2.24) is 9.78 Å². The van der Waals surface area contributed by atoms with Gasteiger partial charge in [-0.2, -0.15) is 5.10 Å². The van der Waals surface area contributed by atoms with Gasteiger partial charge in [0.1, 0.15) is 6.61 Å². The van der Waals surface area contributed by atoms with Crippen molar-refractivity contribution in [3.8, 4) is 0 Å². The van der Waals surface area contributed by atoms with E-state index < -0.39 is 5.97 Å². The van der Waals surface area contributed by atoms with Crippen molar-refractivity contribution in [2.45, 2.75) is 6.61 Å². The predicted octanol–water partition coefficient (Wildman–Crippen LogP) is 1.43. The Morgan fingerprint density at radius 2 is 2.20 bits per heavy atom. The molecule has 2 rings (SSSR count). The molecule has 0 saturated heterocycles. The first-order chi connectivity index (χ1) is 9.47. The molecule has 6 heteroatoms. The average molecular weight is 274 g/mol. The fourth-order valence-electron chi connectivity index (χ4n) is 1.88. The molecule has 2 N–H and O–H groups in total. The first-order valence-electron chi connectivity index (χ1n) is 6.19. The zero-order valence-electron chi connectivity index (χ0n) is 11.8. The van der Waals surface area contributed by atoms with Crippen LogP contribution in [0.2, 0.25) is 0 Å². The van der Waals surface area contributed by atoms with Gasteiger partial charge in [0.25, 0.3) is 0 Å². The summed E-state index contributed by atoms with van der Waals surface area (Å²) in [5.74, 6) is -0.398. The van der Waals surface area contributed by atoms with Crippen LogP contribution >= 0.6 is 0 Å². The summed E-state index contributed by atoms with van der Waals surface area (Å²) < 4.78 is 6.96. The van der Waals surface area contributed by atoms with E-state index in [9.17, 15) is 4.79 Å². The van der Waals surface area contributed by atoms with Crippen molar-refractivity contribution in [3.05, 3.63) is 41.7 Å². The summed E-state index contributed by atoms with van der Waals surface area (Å²) in [5.41, 5.74) is 8.34. The summed E-state index contributed by atoms with van der Waals surface area (Å²) in [4.78, 5) is 14.0. The normalized spacial score (nSPS) is 10.3. The van der Waals surface area contributed by atoms with Crippen LogP contribution in [0.25, 0.3) is 0 Å². The van der Waals surface area contributed by atoms with E-state index >= 15 is 0 Å². The summed E-state index contributed by atoms with van der Waals surface area (Å²) in [5, 5.41) is 4.02. The van der Waals surface area contributed by atoms with Crippen LogP contribution in [-0.4, -0.2) is 29.8 Å². The van der Waals surface area contributed by atoms with E-state index in [1.54, 1.807) is 35.3 Å². The highest BCUT2D eigenvalue weighted by Gasteiger charge is 2.15.